The summed E-state index contributed by atoms with van der Waals surface area (Å²) in [6.45, 7) is 0.248. The Morgan fingerprint density at radius 3 is 1.75 bits per heavy atom. The van der Waals surface area contributed by atoms with Gasteiger partial charge in [0.1, 0.15) is 0 Å². The molecule has 1 heterocycles. The number of carbonyl (C=O) groups is 2. The van der Waals surface area contributed by atoms with Crippen LogP contribution in [0, 0.1) is 0 Å². The van der Waals surface area contributed by atoms with Gasteiger partial charge in [0.2, 0.25) is 11.8 Å². The van der Waals surface area contributed by atoms with Crippen LogP contribution >= 0.6 is 0 Å². The lowest BCUT2D eigenvalue weighted by atomic mass is 10.4. The van der Waals surface area contributed by atoms with E-state index < -0.39 is 0 Å². The van der Waals surface area contributed by atoms with Crippen LogP contribution in [-0.2, 0) is 9.59 Å². The van der Waals surface area contributed by atoms with Crippen molar-refractivity contribution in [1.29, 1.82) is 0 Å². The molecule has 4 nitrogen and oxygen atoms in total. The van der Waals surface area contributed by atoms with Gasteiger partial charge in [0.25, 0.3) is 0 Å². The van der Waals surface area contributed by atoms with Crippen LogP contribution in [-0.4, -0.2) is 24.9 Å². The topological polar surface area (TPSA) is 58.2 Å². The summed E-state index contributed by atoms with van der Waals surface area (Å²) < 4.78 is 0. The molecular formula is C4H7N2O2+. The monoisotopic (exact) mass is 115 g/mol. The van der Waals surface area contributed by atoms with Crippen LogP contribution in [0.1, 0.15) is 1.43 Å². The Balaban J connectivity index is 0.000000640. The lowest BCUT2D eigenvalue weighted by Crippen LogP contribution is -2.48. The van der Waals surface area contributed by atoms with E-state index in [9.17, 15) is 9.59 Å². The molecule has 0 radical (unpaired) electrons. The zero-order chi connectivity index (χ0) is 5.98. The van der Waals surface area contributed by atoms with E-state index in [1.165, 1.54) is 0 Å². The lowest BCUT2D eigenvalue weighted by Gasteiger charge is -2.10. The minimum Gasteiger partial charge on any atom is -0.346 e. The second-order valence-electron chi connectivity index (χ2n) is 1.55. The van der Waals surface area contributed by atoms with Gasteiger partial charge in [-0.2, -0.15) is 0 Å². The van der Waals surface area contributed by atoms with Gasteiger partial charge < -0.3 is 10.6 Å². The molecule has 2 N–H and O–H groups in total. The molecule has 2 amide bonds. The van der Waals surface area contributed by atoms with E-state index in [0.29, 0.717) is 0 Å². The van der Waals surface area contributed by atoms with Crippen LogP contribution in [0.5, 0.6) is 0 Å². The smallest absolute Gasteiger partial charge is 0.346 e. The Labute approximate surface area is 47.7 Å². The van der Waals surface area contributed by atoms with Crippen LogP contribution in [0.25, 0.3) is 0 Å². The van der Waals surface area contributed by atoms with Crippen molar-refractivity contribution in [3.63, 3.8) is 0 Å². The van der Waals surface area contributed by atoms with Gasteiger partial charge in [-0.05, 0) is 0 Å². The normalized spacial score (nSPS) is 19.5. The average molecular weight is 115 g/mol. The van der Waals surface area contributed by atoms with Crippen LogP contribution in [0.15, 0.2) is 0 Å². The number of amides is 2. The zero-order valence-corrected chi connectivity index (χ0v) is 4.23. The summed E-state index contributed by atoms with van der Waals surface area (Å²) in [4.78, 5) is 20.6. The first-order valence-electron chi connectivity index (χ1n) is 2.32. The molecule has 1 rings (SSSR count). The van der Waals surface area contributed by atoms with Crippen LogP contribution < -0.4 is 10.6 Å². The highest BCUT2D eigenvalue weighted by Crippen LogP contribution is 1.72. The standard InChI is InChI=1S/C4H6N2O2/c7-3-1-5-4(8)2-6-3/h1-2H2,(H,5,8)(H,6,7)/p+1. The molecule has 8 heavy (non-hydrogen) atoms. The molecule has 4 heteroatoms. The Hall–Kier alpha value is -1.06. The molecule has 0 aromatic heterocycles. The summed E-state index contributed by atoms with van der Waals surface area (Å²) in [6.07, 6.45) is 0. The second-order valence-corrected chi connectivity index (χ2v) is 1.55. The third-order valence-electron chi connectivity index (χ3n) is 0.892. The van der Waals surface area contributed by atoms with Gasteiger partial charge >= 0.3 is 1.43 Å². The SMILES string of the molecule is O=C1CNC(=O)CN1.[H+]. The first-order chi connectivity index (χ1) is 3.79. The molecule has 0 spiro atoms. The largest absolute Gasteiger partial charge is 1.00 e. The van der Waals surface area contributed by atoms with Crippen molar-refractivity contribution in [3.05, 3.63) is 0 Å². The Morgan fingerprint density at radius 2 is 1.50 bits per heavy atom. The minimum absolute atomic E-state index is 0. The Bertz CT molecular complexity index is 109. The molecule has 1 aliphatic rings. The number of hydrogen-bond acceptors (Lipinski definition) is 2. The summed E-state index contributed by atoms with van der Waals surface area (Å²) in [6, 6.07) is 0. The molecule has 0 bridgehead atoms. The fourth-order valence-electron chi connectivity index (χ4n) is 0.483. The molecule has 0 aliphatic carbocycles. The van der Waals surface area contributed by atoms with Crippen molar-refractivity contribution in [1.82, 2.24) is 10.6 Å². The maximum atomic E-state index is 10.3. The Kier molecular flexibility index (Phi) is 1.15. The van der Waals surface area contributed by atoms with E-state index in [4.69, 9.17) is 0 Å². The molecule has 1 saturated heterocycles. The first kappa shape index (κ1) is 5.08. The number of nitrogens with one attached hydrogen (secondary N) is 2. The predicted molar refractivity (Wildman–Crippen MR) is 27.1 cm³/mol. The molecule has 1 aliphatic heterocycles. The zero-order valence-electron chi connectivity index (χ0n) is 5.23. The average Bonchev–Trinajstić information content (AvgIpc) is 1.77. The van der Waals surface area contributed by atoms with Crippen molar-refractivity contribution in [2.75, 3.05) is 13.1 Å². The number of rotatable bonds is 0. The van der Waals surface area contributed by atoms with Gasteiger partial charge in [-0.15, -0.1) is 0 Å². The van der Waals surface area contributed by atoms with Gasteiger partial charge in [0, 0.05) is 0 Å². The van der Waals surface area contributed by atoms with E-state index in [-0.39, 0.29) is 26.3 Å². The third-order valence-corrected chi connectivity index (χ3v) is 0.892. The minimum atomic E-state index is -0.121. The molecule has 1 fully saturated rings. The first-order valence-corrected chi connectivity index (χ1v) is 2.32. The summed E-state index contributed by atoms with van der Waals surface area (Å²) in [5.41, 5.74) is 0. The fourth-order valence-corrected chi connectivity index (χ4v) is 0.483. The molecular weight excluding hydrogens is 108 g/mol. The van der Waals surface area contributed by atoms with E-state index in [1.807, 2.05) is 0 Å². The highest BCUT2D eigenvalue weighted by Gasteiger charge is 2.11. The van der Waals surface area contributed by atoms with Gasteiger partial charge in [0.05, 0.1) is 13.1 Å². The number of hydrogen-bond donors (Lipinski definition) is 2. The van der Waals surface area contributed by atoms with E-state index in [0.717, 1.165) is 0 Å². The molecule has 0 atom stereocenters. The summed E-state index contributed by atoms with van der Waals surface area (Å²) >= 11 is 0. The highest BCUT2D eigenvalue weighted by molar-refractivity contribution is 5.92. The van der Waals surface area contributed by atoms with E-state index in [2.05, 4.69) is 10.6 Å². The molecule has 0 aromatic carbocycles. The second kappa shape index (κ2) is 1.81. The van der Waals surface area contributed by atoms with Gasteiger partial charge in [-0.25, -0.2) is 0 Å². The van der Waals surface area contributed by atoms with Crippen LogP contribution in [0.2, 0.25) is 0 Å². The third kappa shape index (κ3) is 0.959. The number of carbonyl (C=O) groups excluding carboxylic acids is 2. The molecule has 0 unspecified atom stereocenters. The fraction of sp³-hybridized carbons (Fsp3) is 0.500. The van der Waals surface area contributed by atoms with Crippen molar-refractivity contribution in [2.24, 2.45) is 0 Å². The summed E-state index contributed by atoms with van der Waals surface area (Å²) in [5, 5.41) is 4.76. The van der Waals surface area contributed by atoms with Gasteiger partial charge in [-0.3, -0.25) is 9.59 Å². The Morgan fingerprint density at radius 1 is 1.12 bits per heavy atom. The molecule has 44 valence electrons. The van der Waals surface area contributed by atoms with Crippen molar-refractivity contribution in [2.45, 2.75) is 0 Å². The molecule has 0 saturated carbocycles. The maximum Gasteiger partial charge on any atom is 1.00 e. The highest BCUT2D eigenvalue weighted by atomic mass is 16.2. The van der Waals surface area contributed by atoms with Gasteiger partial charge in [-0.1, -0.05) is 0 Å². The van der Waals surface area contributed by atoms with Crippen molar-refractivity contribution < 1.29 is 11.0 Å². The summed E-state index contributed by atoms with van der Waals surface area (Å²) in [5.74, 6) is -0.241. The number of piperazine rings is 1. The summed E-state index contributed by atoms with van der Waals surface area (Å²) in [7, 11) is 0. The molecule has 0 aromatic rings. The van der Waals surface area contributed by atoms with Gasteiger partial charge in [0.15, 0.2) is 0 Å². The van der Waals surface area contributed by atoms with Crippen LogP contribution in [0.4, 0.5) is 0 Å². The quantitative estimate of drug-likeness (QED) is 0.397. The van der Waals surface area contributed by atoms with Crippen molar-refractivity contribution in [3.8, 4) is 0 Å². The maximum absolute atomic E-state index is 10.3. The van der Waals surface area contributed by atoms with Crippen molar-refractivity contribution >= 4 is 11.8 Å². The van der Waals surface area contributed by atoms with Crippen LogP contribution in [0.3, 0.4) is 0 Å². The van der Waals surface area contributed by atoms with E-state index in [1.54, 1.807) is 0 Å². The predicted octanol–water partition coefficient (Wildman–Crippen LogP) is -1.66. The lowest BCUT2D eigenvalue weighted by molar-refractivity contribution is -0.130. The van der Waals surface area contributed by atoms with E-state index >= 15 is 0 Å².